The molecule has 40 heavy (non-hydrogen) atoms. The van der Waals surface area contributed by atoms with Crippen LogP contribution in [0.3, 0.4) is 0 Å². The third-order valence-corrected chi connectivity index (χ3v) is 9.48. The molecule has 1 fully saturated rings. The van der Waals surface area contributed by atoms with Crippen molar-refractivity contribution in [1.29, 1.82) is 0 Å². The van der Waals surface area contributed by atoms with E-state index in [4.69, 9.17) is 27.9 Å². The second kappa shape index (κ2) is 13.2. The molecule has 0 atom stereocenters. The molecule has 1 N–H and O–H groups in total. The number of nitrogens with zero attached hydrogens (tertiary/aromatic N) is 2. The Hall–Kier alpha value is -2.85. The number of halogens is 3. The highest BCUT2D eigenvalue weighted by Crippen LogP contribution is 2.32. The van der Waals surface area contributed by atoms with Crippen LogP contribution < -0.4 is 10.1 Å². The van der Waals surface area contributed by atoms with Gasteiger partial charge in [-0.1, -0.05) is 54.4 Å². The summed E-state index contributed by atoms with van der Waals surface area (Å²) in [5, 5.41) is 3.54. The lowest BCUT2D eigenvalue weighted by Gasteiger charge is -2.29. The Labute approximate surface area is 244 Å². The fraction of sp³-hybridized carbons (Fsp3) is 0.345. The maximum atomic E-state index is 14.1. The Morgan fingerprint density at radius 1 is 1.02 bits per heavy atom. The monoisotopic (exact) mass is 607 g/mol. The number of hydrogen-bond acceptors (Lipinski definition) is 4. The predicted octanol–water partition coefficient (Wildman–Crippen LogP) is 6.83. The van der Waals surface area contributed by atoms with E-state index in [1.165, 1.54) is 23.1 Å². The number of hydrogen-bond donors (Lipinski definition) is 1. The Kier molecular flexibility index (Phi) is 9.94. The molecule has 4 rings (SSSR count). The first-order chi connectivity index (χ1) is 19.0. The van der Waals surface area contributed by atoms with Gasteiger partial charge in [-0.3, -0.25) is 0 Å². The van der Waals surface area contributed by atoms with Crippen LogP contribution in [-0.2, 0) is 28.9 Å². The van der Waals surface area contributed by atoms with Gasteiger partial charge >= 0.3 is 6.03 Å². The van der Waals surface area contributed by atoms with Crippen LogP contribution in [0.25, 0.3) is 0 Å². The van der Waals surface area contributed by atoms with E-state index < -0.39 is 21.9 Å². The largest absolute Gasteiger partial charge is 0.457 e. The van der Waals surface area contributed by atoms with Gasteiger partial charge in [0.05, 0.1) is 22.3 Å². The molecular weight excluding hydrogens is 576 g/mol. The molecule has 0 bridgehead atoms. The quantitative estimate of drug-likeness (QED) is 0.289. The molecule has 0 spiro atoms. The molecule has 0 aliphatic carbocycles. The third-order valence-electron chi connectivity index (χ3n) is 6.92. The Morgan fingerprint density at radius 3 is 2.42 bits per heavy atom. The first kappa shape index (κ1) is 30.1. The van der Waals surface area contributed by atoms with Crippen LogP contribution in [0.4, 0.5) is 9.18 Å². The second-order valence-corrected chi connectivity index (χ2v) is 12.8. The molecule has 11 heteroatoms. The van der Waals surface area contributed by atoms with Crippen molar-refractivity contribution in [3.63, 3.8) is 0 Å². The zero-order chi connectivity index (χ0) is 28.9. The molecule has 1 aliphatic rings. The lowest BCUT2D eigenvalue weighted by molar-refractivity contribution is 0.206. The van der Waals surface area contributed by atoms with Crippen molar-refractivity contribution in [3.05, 3.63) is 93.2 Å². The van der Waals surface area contributed by atoms with Crippen LogP contribution in [-0.4, -0.2) is 43.8 Å². The van der Waals surface area contributed by atoms with Crippen molar-refractivity contribution in [3.8, 4) is 11.5 Å². The topological polar surface area (TPSA) is 79.0 Å². The molecule has 1 heterocycles. The third kappa shape index (κ3) is 7.87. The first-order valence-corrected chi connectivity index (χ1v) is 15.3. The minimum absolute atomic E-state index is 0.0592. The number of sulfonamides is 1. The SMILES string of the molecule is CC1CCN(S(=O)(=O)Cc2ccccc2CNC(=O)N(C)Cc2cc(F)ccc2Oc2ccc(Cl)c(Cl)c2)CC1. The molecule has 7 nitrogen and oxygen atoms in total. The summed E-state index contributed by atoms with van der Waals surface area (Å²) >= 11 is 12.1. The number of ether oxygens (including phenoxy) is 1. The Balaban J connectivity index is 1.40. The Morgan fingerprint density at radius 2 is 1.73 bits per heavy atom. The standard InChI is InChI=1S/C29H32Cl2FN3O4S/c1-20-11-13-35(14-12-20)40(37,38)19-22-6-4-3-5-21(22)17-33-29(36)34(2)18-23-15-24(32)7-10-28(23)39-25-8-9-26(30)27(31)16-25/h3-10,15-16,20H,11-14,17-19H2,1-2H3,(H,33,36). The summed E-state index contributed by atoms with van der Waals surface area (Å²) in [6, 6.07) is 15.6. The number of benzene rings is 3. The molecule has 214 valence electrons. The molecule has 3 aromatic rings. The van der Waals surface area contributed by atoms with Crippen LogP contribution >= 0.6 is 23.2 Å². The molecule has 0 aromatic heterocycles. The zero-order valence-corrected chi connectivity index (χ0v) is 24.7. The zero-order valence-electron chi connectivity index (χ0n) is 22.4. The maximum absolute atomic E-state index is 14.1. The highest BCUT2D eigenvalue weighted by atomic mass is 35.5. The fourth-order valence-corrected chi connectivity index (χ4v) is 6.41. The summed E-state index contributed by atoms with van der Waals surface area (Å²) in [6.07, 6.45) is 1.71. The van der Waals surface area contributed by atoms with E-state index in [1.807, 2.05) is 6.07 Å². The summed E-state index contributed by atoms with van der Waals surface area (Å²) in [5.41, 5.74) is 1.81. The maximum Gasteiger partial charge on any atom is 0.317 e. The molecule has 0 radical (unpaired) electrons. The van der Waals surface area contributed by atoms with Gasteiger partial charge in [-0.15, -0.1) is 0 Å². The van der Waals surface area contributed by atoms with Gasteiger partial charge in [-0.05, 0) is 60.2 Å². The average molecular weight is 609 g/mol. The smallest absolute Gasteiger partial charge is 0.317 e. The highest BCUT2D eigenvalue weighted by molar-refractivity contribution is 7.88. The summed E-state index contributed by atoms with van der Waals surface area (Å²) in [5.74, 6) is 0.713. The molecule has 1 aliphatic heterocycles. The number of carbonyl (C=O) groups is 1. The van der Waals surface area contributed by atoms with Crippen molar-refractivity contribution >= 4 is 39.3 Å². The minimum Gasteiger partial charge on any atom is -0.457 e. The number of urea groups is 1. The fourth-order valence-electron chi connectivity index (χ4n) is 4.49. The number of carbonyl (C=O) groups excluding carboxylic acids is 1. The second-order valence-electron chi connectivity index (χ2n) is 10.1. The van der Waals surface area contributed by atoms with Gasteiger partial charge in [0, 0.05) is 38.3 Å². The van der Waals surface area contributed by atoms with Gasteiger partial charge in [0.25, 0.3) is 0 Å². The molecule has 3 aromatic carbocycles. The highest BCUT2D eigenvalue weighted by Gasteiger charge is 2.27. The van der Waals surface area contributed by atoms with E-state index in [-0.39, 0.29) is 18.8 Å². The van der Waals surface area contributed by atoms with Gasteiger partial charge in [0.2, 0.25) is 10.0 Å². The van der Waals surface area contributed by atoms with Crippen molar-refractivity contribution < 1.29 is 22.3 Å². The number of nitrogens with one attached hydrogen (secondary N) is 1. The molecule has 0 saturated carbocycles. The molecule has 0 unspecified atom stereocenters. The van der Waals surface area contributed by atoms with Gasteiger partial charge in [0.15, 0.2) is 0 Å². The van der Waals surface area contributed by atoms with E-state index in [9.17, 15) is 17.6 Å². The summed E-state index contributed by atoms with van der Waals surface area (Å²) in [7, 11) is -1.89. The lowest BCUT2D eigenvalue weighted by Crippen LogP contribution is -2.39. The minimum atomic E-state index is -3.47. The first-order valence-electron chi connectivity index (χ1n) is 13.0. The van der Waals surface area contributed by atoms with E-state index in [0.717, 1.165) is 12.8 Å². The van der Waals surface area contributed by atoms with Crippen LogP contribution in [0.1, 0.15) is 36.5 Å². The van der Waals surface area contributed by atoms with Gasteiger partial charge in [-0.25, -0.2) is 21.9 Å². The predicted molar refractivity (Wildman–Crippen MR) is 156 cm³/mol. The summed E-state index contributed by atoms with van der Waals surface area (Å²) < 4.78 is 47.7. The lowest BCUT2D eigenvalue weighted by atomic mass is 10.0. The average Bonchev–Trinajstić information content (AvgIpc) is 2.91. The molecule has 1 saturated heterocycles. The van der Waals surface area contributed by atoms with Crippen LogP contribution in [0, 0.1) is 11.7 Å². The van der Waals surface area contributed by atoms with Crippen LogP contribution in [0.2, 0.25) is 10.0 Å². The van der Waals surface area contributed by atoms with Crippen molar-refractivity contribution in [1.82, 2.24) is 14.5 Å². The summed E-state index contributed by atoms with van der Waals surface area (Å²) in [6.45, 7) is 3.40. The Bertz CT molecular complexity index is 1460. The van der Waals surface area contributed by atoms with Gasteiger partial charge in [-0.2, -0.15) is 0 Å². The van der Waals surface area contributed by atoms with Crippen molar-refractivity contribution in [2.45, 2.75) is 38.6 Å². The van der Waals surface area contributed by atoms with E-state index in [2.05, 4.69) is 12.2 Å². The molecule has 2 amide bonds. The number of piperidine rings is 1. The van der Waals surface area contributed by atoms with Crippen LogP contribution in [0.15, 0.2) is 60.7 Å². The summed E-state index contributed by atoms with van der Waals surface area (Å²) in [4.78, 5) is 14.3. The molecular formula is C29H32Cl2FN3O4S. The number of rotatable bonds is 9. The van der Waals surface area contributed by atoms with E-state index in [0.29, 0.717) is 57.2 Å². The van der Waals surface area contributed by atoms with E-state index >= 15 is 0 Å². The van der Waals surface area contributed by atoms with Crippen LogP contribution in [0.5, 0.6) is 11.5 Å². The van der Waals surface area contributed by atoms with Crippen molar-refractivity contribution in [2.24, 2.45) is 5.92 Å². The van der Waals surface area contributed by atoms with Gasteiger partial charge < -0.3 is 15.0 Å². The number of amides is 2. The van der Waals surface area contributed by atoms with Gasteiger partial charge in [0.1, 0.15) is 17.3 Å². The van der Waals surface area contributed by atoms with E-state index in [1.54, 1.807) is 47.8 Å². The van der Waals surface area contributed by atoms with Crippen molar-refractivity contribution in [2.75, 3.05) is 20.1 Å². The normalized spacial score (nSPS) is 14.6.